The predicted octanol–water partition coefficient (Wildman–Crippen LogP) is 5.43. The number of ether oxygens (including phenoxy) is 1. The zero-order valence-corrected chi connectivity index (χ0v) is 23.0. The third-order valence-electron chi connectivity index (χ3n) is 7.26. The summed E-state index contributed by atoms with van der Waals surface area (Å²) in [6.07, 6.45) is 1.61. The lowest BCUT2D eigenvalue weighted by molar-refractivity contribution is 0.159. The molecule has 0 saturated heterocycles. The van der Waals surface area contributed by atoms with Crippen LogP contribution in [0.2, 0.25) is 0 Å². The second kappa shape index (κ2) is 12.2. The molecule has 0 amide bonds. The quantitative estimate of drug-likeness (QED) is 0.240. The minimum atomic E-state index is -0.290. The number of tetrazole rings is 1. The first-order valence-corrected chi connectivity index (χ1v) is 13.5. The number of hydrogen-bond acceptors (Lipinski definition) is 6. The van der Waals surface area contributed by atoms with Gasteiger partial charge in [-0.1, -0.05) is 50.2 Å². The van der Waals surface area contributed by atoms with Crippen LogP contribution in [-0.2, 0) is 26.1 Å². The van der Waals surface area contributed by atoms with Crippen LogP contribution in [0.5, 0.6) is 5.75 Å². The molecule has 3 aromatic carbocycles. The van der Waals surface area contributed by atoms with E-state index in [2.05, 4.69) is 45.3 Å². The lowest BCUT2D eigenvalue weighted by Gasteiger charge is -2.30. The monoisotopic (exact) mass is 540 g/mol. The van der Waals surface area contributed by atoms with Crippen molar-refractivity contribution in [2.75, 3.05) is 7.11 Å². The number of nitrogens with zero attached hydrogens (tertiary/aromatic N) is 5. The molecule has 9 heteroatoms. The highest BCUT2D eigenvalue weighted by Gasteiger charge is 2.27. The Balaban J connectivity index is 1.54. The molecule has 0 aliphatic heterocycles. The molecule has 2 aromatic heterocycles. The number of aromatic nitrogens is 5. The van der Waals surface area contributed by atoms with Gasteiger partial charge in [-0.2, -0.15) is 0 Å². The molecule has 5 aromatic rings. The Bertz CT molecular complexity index is 1650. The number of para-hydroxylation sites is 1. The van der Waals surface area contributed by atoms with Crippen LogP contribution in [0.25, 0.3) is 10.9 Å². The van der Waals surface area contributed by atoms with Crippen LogP contribution in [0, 0.1) is 5.82 Å². The highest BCUT2D eigenvalue weighted by atomic mass is 19.1. The van der Waals surface area contributed by atoms with Gasteiger partial charge in [-0.05, 0) is 76.2 Å². The molecule has 1 atom stereocenters. The van der Waals surface area contributed by atoms with Crippen LogP contribution in [-0.4, -0.2) is 37.2 Å². The van der Waals surface area contributed by atoms with Gasteiger partial charge in [-0.15, -0.1) is 5.10 Å². The molecule has 0 aliphatic rings. The van der Waals surface area contributed by atoms with Gasteiger partial charge in [0.2, 0.25) is 0 Å². The van der Waals surface area contributed by atoms with E-state index in [9.17, 15) is 9.18 Å². The number of rotatable bonds is 11. The number of halogens is 1. The Morgan fingerprint density at radius 1 is 0.975 bits per heavy atom. The minimum Gasteiger partial charge on any atom is -0.496 e. The van der Waals surface area contributed by atoms with Crippen LogP contribution in [0.3, 0.4) is 0 Å². The first kappa shape index (κ1) is 27.2. The number of H-pyrrole nitrogens is 1. The summed E-state index contributed by atoms with van der Waals surface area (Å²) < 4.78 is 20.9. The van der Waals surface area contributed by atoms with E-state index in [1.807, 2.05) is 42.5 Å². The molecule has 8 nitrogen and oxygen atoms in total. The molecule has 0 fully saturated rings. The van der Waals surface area contributed by atoms with Gasteiger partial charge in [0.05, 0.1) is 19.7 Å². The molecule has 1 N–H and O–H groups in total. The third-order valence-corrected chi connectivity index (χ3v) is 7.26. The van der Waals surface area contributed by atoms with Crippen LogP contribution in [0.15, 0.2) is 77.6 Å². The molecule has 0 saturated carbocycles. The maximum absolute atomic E-state index is 13.5. The molecule has 2 heterocycles. The standard InChI is InChI=1S/C31H33FN6O2/c1-4-21-12-15-27-24(16-21)17-25(31(39)33-27)20-37(19-23-8-6-7-9-29(23)40-3)28(5-2)30-34-35-36-38(30)18-22-10-13-26(32)14-11-22/h6-17,28H,4-5,18-20H2,1-3H3,(H,33,39)/t28-/m1/s1. The molecular weight excluding hydrogens is 507 g/mol. The van der Waals surface area contributed by atoms with Gasteiger partial charge in [0, 0.05) is 29.7 Å². The van der Waals surface area contributed by atoms with Crippen LogP contribution in [0.1, 0.15) is 54.4 Å². The van der Waals surface area contributed by atoms with E-state index in [4.69, 9.17) is 4.74 Å². The first-order chi connectivity index (χ1) is 19.5. The fraction of sp³-hybridized carbons (Fsp3) is 0.290. The largest absolute Gasteiger partial charge is 0.496 e. The Hall–Kier alpha value is -4.37. The van der Waals surface area contributed by atoms with E-state index in [-0.39, 0.29) is 17.4 Å². The summed E-state index contributed by atoms with van der Waals surface area (Å²) in [6, 6.07) is 22.1. The summed E-state index contributed by atoms with van der Waals surface area (Å²) in [5.74, 6) is 1.15. The summed E-state index contributed by atoms with van der Waals surface area (Å²) in [7, 11) is 1.66. The van der Waals surface area contributed by atoms with Crippen LogP contribution < -0.4 is 10.3 Å². The fourth-order valence-electron chi connectivity index (χ4n) is 5.12. The SMILES string of the molecule is CCc1ccc2[nH]c(=O)c(CN(Cc3ccccc3OC)[C@H](CC)c3nnnn3Cc3ccc(F)cc3)cc2c1. The molecule has 0 spiro atoms. The second-order valence-electron chi connectivity index (χ2n) is 9.86. The van der Waals surface area contributed by atoms with Gasteiger partial charge in [-0.3, -0.25) is 9.69 Å². The third kappa shape index (κ3) is 5.94. The zero-order chi connectivity index (χ0) is 28.1. The minimum absolute atomic E-state index is 0.123. The fourth-order valence-corrected chi connectivity index (χ4v) is 5.12. The van der Waals surface area contributed by atoms with Crippen molar-refractivity contribution in [1.82, 2.24) is 30.1 Å². The van der Waals surface area contributed by atoms with E-state index in [0.717, 1.165) is 34.2 Å². The van der Waals surface area contributed by atoms with Gasteiger partial charge in [0.1, 0.15) is 11.6 Å². The zero-order valence-electron chi connectivity index (χ0n) is 23.0. The predicted molar refractivity (Wildman–Crippen MR) is 153 cm³/mol. The average molecular weight is 541 g/mol. The molecule has 5 rings (SSSR count). The van der Waals surface area contributed by atoms with E-state index < -0.39 is 0 Å². The second-order valence-corrected chi connectivity index (χ2v) is 9.86. The maximum atomic E-state index is 13.5. The van der Waals surface area contributed by atoms with Gasteiger partial charge < -0.3 is 9.72 Å². The van der Waals surface area contributed by atoms with E-state index in [1.165, 1.54) is 17.7 Å². The lowest BCUT2D eigenvalue weighted by atomic mass is 10.1. The maximum Gasteiger partial charge on any atom is 0.252 e. The van der Waals surface area contributed by atoms with Crippen molar-refractivity contribution < 1.29 is 9.13 Å². The molecule has 0 unspecified atom stereocenters. The van der Waals surface area contributed by atoms with E-state index in [0.29, 0.717) is 37.4 Å². The highest BCUT2D eigenvalue weighted by Crippen LogP contribution is 2.29. The van der Waals surface area contributed by atoms with E-state index >= 15 is 0 Å². The van der Waals surface area contributed by atoms with Crippen molar-refractivity contribution in [3.8, 4) is 5.75 Å². The van der Waals surface area contributed by atoms with Gasteiger partial charge >= 0.3 is 0 Å². The smallest absolute Gasteiger partial charge is 0.252 e. The van der Waals surface area contributed by atoms with Gasteiger partial charge in [-0.25, -0.2) is 9.07 Å². The number of aryl methyl sites for hydroxylation is 1. The first-order valence-electron chi connectivity index (χ1n) is 13.5. The molecule has 206 valence electrons. The van der Waals surface area contributed by atoms with Crippen molar-refractivity contribution in [1.29, 1.82) is 0 Å². The number of aromatic amines is 1. The van der Waals surface area contributed by atoms with Crippen LogP contribution in [0.4, 0.5) is 4.39 Å². The van der Waals surface area contributed by atoms with Crippen molar-refractivity contribution in [3.05, 3.63) is 117 Å². The highest BCUT2D eigenvalue weighted by molar-refractivity contribution is 5.79. The summed E-state index contributed by atoms with van der Waals surface area (Å²) >= 11 is 0. The Morgan fingerprint density at radius 3 is 2.48 bits per heavy atom. The van der Waals surface area contributed by atoms with Crippen molar-refractivity contribution in [3.63, 3.8) is 0 Å². The molecule has 0 radical (unpaired) electrons. The number of methoxy groups -OCH3 is 1. The normalized spacial score (nSPS) is 12.2. The topological polar surface area (TPSA) is 88.9 Å². The number of hydrogen-bond donors (Lipinski definition) is 1. The molecule has 0 bridgehead atoms. The van der Waals surface area contributed by atoms with Gasteiger partial charge in [0.15, 0.2) is 5.82 Å². The van der Waals surface area contributed by atoms with Crippen LogP contribution >= 0.6 is 0 Å². The Kier molecular flexibility index (Phi) is 8.31. The molecular formula is C31H33FN6O2. The summed E-state index contributed by atoms with van der Waals surface area (Å²) in [4.78, 5) is 18.5. The molecule has 0 aliphatic carbocycles. The summed E-state index contributed by atoms with van der Waals surface area (Å²) in [6.45, 7) is 5.48. The lowest BCUT2D eigenvalue weighted by Crippen LogP contribution is -2.32. The summed E-state index contributed by atoms with van der Waals surface area (Å²) in [5, 5.41) is 13.6. The van der Waals surface area contributed by atoms with Gasteiger partial charge in [0.25, 0.3) is 5.56 Å². The Labute approximate surface area is 232 Å². The average Bonchev–Trinajstić information content (AvgIpc) is 3.42. The number of fused-ring (bicyclic) bond motifs is 1. The number of benzene rings is 3. The van der Waals surface area contributed by atoms with Crippen molar-refractivity contribution in [2.45, 2.75) is 52.4 Å². The number of pyridine rings is 1. The van der Waals surface area contributed by atoms with Crippen molar-refractivity contribution in [2.24, 2.45) is 0 Å². The number of nitrogens with one attached hydrogen (secondary N) is 1. The Morgan fingerprint density at radius 2 is 1.73 bits per heavy atom. The van der Waals surface area contributed by atoms with E-state index in [1.54, 1.807) is 23.9 Å². The molecule has 40 heavy (non-hydrogen) atoms. The summed E-state index contributed by atoms with van der Waals surface area (Å²) in [5.41, 5.74) is 4.44. The van der Waals surface area contributed by atoms with Crippen molar-refractivity contribution >= 4 is 10.9 Å².